The maximum absolute atomic E-state index is 12.3. The number of rotatable bonds is 1. The number of amides is 1. The van der Waals surface area contributed by atoms with Crippen molar-refractivity contribution in [2.75, 3.05) is 6.54 Å². The number of carbonyl (C=O) groups excluding carboxylic acids is 1. The molecule has 0 radical (unpaired) electrons. The number of hydrogen-bond acceptors (Lipinski definition) is 3. The molecular weight excluding hydrogens is 228 g/mol. The van der Waals surface area contributed by atoms with Crippen LogP contribution in [-0.4, -0.2) is 35.2 Å². The first-order valence-electron chi connectivity index (χ1n) is 7.06. The number of fused-ring (bicyclic) bond motifs is 5. The van der Waals surface area contributed by atoms with Gasteiger partial charge in [-0.1, -0.05) is 6.92 Å². The van der Waals surface area contributed by atoms with Gasteiger partial charge in [0.15, 0.2) is 0 Å². The first-order valence-corrected chi connectivity index (χ1v) is 7.06. The van der Waals surface area contributed by atoms with Crippen LogP contribution in [0.15, 0.2) is 0 Å². The molecule has 2 saturated carbocycles. The van der Waals surface area contributed by atoms with Crippen molar-refractivity contribution in [3.05, 3.63) is 0 Å². The van der Waals surface area contributed by atoms with Crippen LogP contribution in [0, 0.1) is 23.7 Å². The summed E-state index contributed by atoms with van der Waals surface area (Å²) in [4.78, 5) is 14.3. The number of nitrogens with zero attached hydrogens (tertiary/aromatic N) is 1. The highest BCUT2D eigenvalue weighted by Crippen LogP contribution is 2.66. The van der Waals surface area contributed by atoms with Gasteiger partial charge >= 0.3 is 6.09 Å². The van der Waals surface area contributed by atoms with Gasteiger partial charge in [-0.2, -0.15) is 0 Å². The van der Waals surface area contributed by atoms with E-state index < -0.39 is 5.60 Å². The molecule has 1 saturated heterocycles. The van der Waals surface area contributed by atoms with Crippen LogP contribution in [0.4, 0.5) is 4.79 Å². The number of carbonyl (C=O) groups is 1. The SMILES string of the molecule is C[C@H]1[C@H]2C3CC([C@@H]12)N(C(=O)OC(C)(C)C)[C@H]3CN. The summed E-state index contributed by atoms with van der Waals surface area (Å²) in [5.41, 5.74) is 5.47. The van der Waals surface area contributed by atoms with Crippen molar-refractivity contribution < 1.29 is 9.53 Å². The minimum atomic E-state index is -0.424. The third kappa shape index (κ3) is 1.58. The molecule has 3 aliphatic rings. The van der Waals surface area contributed by atoms with Gasteiger partial charge < -0.3 is 15.4 Å². The fraction of sp³-hybridized carbons (Fsp3) is 0.929. The maximum atomic E-state index is 12.3. The molecule has 6 atom stereocenters. The van der Waals surface area contributed by atoms with Gasteiger partial charge in [-0.3, -0.25) is 0 Å². The van der Waals surface area contributed by atoms with Crippen molar-refractivity contribution in [3.63, 3.8) is 0 Å². The van der Waals surface area contributed by atoms with E-state index in [1.165, 1.54) is 0 Å². The molecular formula is C14H24N2O2. The minimum Gasteiger partial charge on any atom is -0.444 e. The van der Waals surface area contributed by atoms with Gasteiger partial charge in [-0.05, 0) is 50.9 Å². The molecule has 2 unspecified atom stereocenters. The lowest BCUT2D eigenvalue weighted by atomic mass is 9.95. The Balaban J connectivity index is 1.78. The Morgan fingerprint density at radius 3 is 2.61 bits per heavy atom. The molecule has 0 aromatic rings. The fourth-order valence-electron chi connectivity index (χ4n) is 4.44. The summed E-state index contributed by atoms with van der Waals surface area (Å²) in [6.07, 6.45) is 0.976. The van der Waals surface area contributed by atoms with Crippen molar-refractivity contribution in [2.45, 2.75) is 51.8 Å². The largest absolute Gasteiger partial charge is 0.444 e. The van der Waals surface area contributed by atoms with Gasteiger partial charge in [0, 0.05) is 12.6 Å². The summed E-state index contributed by atoms with van der Waals surface area (Å²) < 4.78 is 5.54. The van der Waals surface area contributed by atoms with Crippen LogP contribution < -0.4 is 5.73 Å². The molecule has 18 heavy (non-hydrogen) atoms. The van der Waals surface area contributed by atoms with Gasteiger partial charge in [0.2, 0.25) is 0 Å². The Hall–Kier alpha value is -0.770. The summed E-state index contributed by atoms with van der Waals surface area (Å²) in [7, 11) is 0. The average molecular weight is 252 g/mol. The van der Waals surface area contributed by atoms with Crippen molar-refractivity contribution >= 4 is 6.09 Å². The van der Waals surface area contributed by atoms with Crippen molar-refractivity contribution in [3.8, 4) is 0 Å². The molecule has 0 aromatic heterocycles. The summed E-state index contributed by atoms with van der Waals surface area (Å²) in [5, 5.41) is 0. The molecule has 2 aliphatic carbocycles. The molecule has 2 bridgehead atoms. The minimum absolute atomic E-state index is 0.164. The van der Waals surface area contributed by atoms with Crippen LogP contribution in [0.5, 0.6) is 0 Å². The monoisotopic (exact) mass is 252 g/mol. The molecule has 3 fully saturated rings. The number of hydrogen-bond donors (Lipinski definition) is 1. The Labute approximate surface area is 109 Å². The molecule has 1 amide bonds. The molecule has 4 heteroatoms. The molecule has 102 valence electrons. The Morgan fingerprint density at radius 2 is 2.06 bits per heavy atom. The van der Waals surface area contributed by atoms with E-state index in [1.54, 1.807) is 0 Å². The predicted octanol–water partition coefficient (Wildman–Crippen LogP) is 1.83. The number of nitrogens with two attached hydrogens (primary N) is 1. The third-order valence-electron chi connectivity index (χ3n) is 5.02. The van der Waals surface area contributed by atoms with E-state index in [9.17, 15) is 4.79 Å². The van der Waals surface area contributed by atoms with Gasteiger partial charge in [0.25, 0.3) is 0 Å². The molecule has 1 aliphatic heterocycles. The van der Waals surface area contributed by atoms with E-state index in [0.29, 0.717) is 24.4 Å². The number of ether oxygens (including phenoxy) is 1. The summed E-state index contributed by atoms with van der Waals surface area (Å²) >= 11 is 0. The Morgan fingerprint density at radius 1 is 1.39 bits per heavy atom. The first-order chi connectivity index (χ1) is 8.35. The van der Waals surface area contributed by atoms with Crippen LogP contribution in [-0.2, 0) is 4.74 Å². The number of likely N-dealkylation sites (tertiary alicyclic amines) is 1. The maximum Gasteiger partial charge on any atom is 0.410 e. The zero-order valence-electron chi connectivity index (χ0n) is 11.7. The van der Waals surface area contributed by atoms with Crippen LogP contribution in [0.25, 0.3) is 0 Å². The lowest BCUT2D eigenvalue weighted by molar-refractivity contribution is 0.00714. The highest BCUT2D eigenvalue weighted by molar-refractivity contribution is 5.70. The van der Waals surface area contributed by atoms with E-state index in [0.717, 1.165) is 18.3 Å². The number of piperidine rings is 1. The normalized spacial score (nSPS) is 45.1. The van der Waals surface area contributed by atoms with Crippen LogP contribution in [0.1, 0.15) is 34.1 Å². The highest BCUT2D eigenvalue weighted by atomic mass is 16.6. The predicted molar refractivity (Wildman–Crippen MR) is 69.0 cm³/mol. The average Bonchev–Trinajstić information content (AvgIpc) is 2.68. The zero-order valence-corrected chi connectivity index (χ0v) is 11.7. The van der Waals surface area contributed by atoms with Gasteiger partial charge in [0.1, 0.15) is 5.60 Å². The lowest BCUT2D eigenvalue weighted by Gasteiger charge is -2.35. The van der Waals surface area contributed by atoms with E-state index in [1.807, 2.05) is 25.7 Å². The third-order valence-corrected chi connectivity index (χ3v) is 5.02. The second kappa shape index (κ2) is 3.62. The van der Waals surface area contributed by atoms with Gasteiger partial charge in [-0.25, -0.2) is 4.79 Å². The van der Waals surface area contributed by atoms with Crippen molar-refractivity contribution in [1.29, 1.82) is 0 Å². The van der Waals surface area contributed by atoms with Crippen molar-refractivity contribution in [2.24, 2.45) is 29.4 Å². The second-order valence-electron chi connectivity index (χ2n) is 7.17. The Bertz CT molecular complexity index is 374. The zero-order chi connectivity index (χ0) is 13.2. The quantitative estimate of drug-likeness (QED) is 0.774. The Kier molecular flexibility index (Phi) is 2.47. The van der Waals surface area contributed by atoms with Crippen LogP contribution in [0.3, 0.4) is 0 Å². The summed E-state index contributed by atoms with van der Waals surface area (Å²) in [6, 6.07) is 0.592. The second-order valence-corrected chi connectivity index (χ2v) is 7.17. The summed E-state index contributed by atoms with van der Waals surface area (Å²) in [5.74, 6) is 2.93. The van der Waals surface area contributed by atoms with E-state index in [4.69, 9.17) is 10.5 Å². The highest BCUT2D eigenvalue weighted by Gasteiger charge is 2.69. The molecule has 0 aromatic carbocycles. The van der Waals surface area contributed by atoms with Gasteiger partial charge in [-0.15, -0.1) is 0 Å². The van der Waals surface area contributed by atoms with E-state index >= 15 is 0 Å². The molecule has 3 rings (SSSR count). The van der Waals surface area contributed by atoms with E-state index in [2.05, 4.69) is 6.92 Å². The van der Waals surface area contributed by atoms with E-state index in [-0.39, 0.29) is 12.1 Å². The van der Waals surface area contributed by atoms with Crippen LogP contribution in [0.2, 0.25) is 0 Å². The molecule has 4 nitrogen and oxygen atoms in total. The standard InChI is InChI=1S/C14H24N2O2/c1-7-11-8-5-9(12(7)11)16(10(8)6-15)13(17)18-14(2,3)4/h7-12H,5-6,15H2,1-4H3/t7-,8?,9?,10-,11-,12+/m0/s1. The summed E-state index contributed by atoms with van der Waals surface area (Å²) in [6.45, 7) is 8.62. The molecule has 2 N–H and O–H groups in total. The van der Waals surface area contributed by atoms with Crippen LogP contribution >= 0.6 is 0 Å². The van der Waals surface area contributed by atoms with Crippen molar-refractivity contribution in [1.82, 2.24) is 4.90 Å². The molecule has 0 spiro atoms. The van der Waals surface area contributed by atoms with Gasteiger partial charge in [0.05, 0.1) is 6.04 Å². The first kappa shape index (κ1) is 12.3. The smallest absolute Gasteiger partial charge is 0.410 e. The topological polar surface area (TPSA) is 55.6 Å². The fourth-order valence-corrected chi connectivity index (χ4v) is 4.44. The molecule has 1 heterocycles. The lowest BCUT2D eigenvalue weighted by Crippen LogP contribution is -2.51.